The number of fused-ring (bicyclic) bond motifs is 1. The molecule has 1 aromatic heterocycles. The van der Waals surface area contributed by atoms with E-state index in [1.54, 1.807) is 0 Å². The maximum Gasteiger partial charge on any atom is 0.0456 e. The first-order chi connectivity index (χ1) is 7.77. The van der Waals surface area contributed by atoms with Gasteiger partial charge in [-0.2, -0.15) is 0 Å². The highest BCUT2D eigenvalue weighted by Gasteiger charge is 2.00. The minimum Gasteiger partial charge on any atom is -0.361 e. The fourth-order valence-electron chi connectivity index (χ4n) is 1.66. The van der Waals surface area contributed by atoms with Gasteiger partial charge in [0.1, 0.15) is 0 Å². The molecule has 1 aromatic carbocycles. The maximum atomic E-state index is 7.06. The number of rotatable bonds is 4. The summed E-state index contributed by atoms with van der Waals surface area (Å²) in [6.45, 7) is 0.473. The number of likely N-dealkylation sites (N-methyl/N-ethyl adjacent to an activating group) is 1. The van der Waals surface area contributed by atoms with Crippen LogP contribution in [0.3, 0.4) is 0 Å². The predicted molar refractivity (Wildman–Crippen MR) is 60.5 cm³/mol. The average Bonchev–Trinajstić information content (AvgIpc) is 2.68. The standard InChI is InChI=1S/C12H16N2/c1-2-13-8-7-10-9-14-12-6-4-3-5-11(10)12/h3-6,9,13-14H,2,7-8H2,1H3/i1D2. The van der Waals surface area contributed by atoms with Gasteiger partial charge in [0.2, 0.25) is 0 Å². The van der Waals surface area contributed by atoms with E-state index in [2.05, 4.69) is 22.4 Å². The smallest absolute Gasteiger partial charge is 0.0456 e. The zero-order valence-electron chi connectivity index (χ0n) is 10.1. The van der Waals surface area contributed by atoms with E-state index >= 15 is 0 Å². The predicted octanol–water partition coefficient (Wildman–Crippen LogP) is 2.32. The zero-order valence-corrected chi connectivity index (χ0v) is 8.09. The zero-order chi connectivity index (χ0) is 11.4. The molecule has 0 spiro atoms. The first kappa shape index (κ1) is 7.07. The van der Waals surface area contributed by atoms with E-state index in [1.165, 1.54) is 10.9 Å². The van der Waals surface area contributed by atoms with Crippen molar-refractivity contribution in [3.05, 3.63) is 36.0 Å². The lowest BCUT2D eigenvalue weighted by molar-refractivity contribution is 0.718. The van der Waals surface area contributed by atoms with Crippen molar-refractivity contribution in [3.63, 3.8) is 0 Å². The molecule has 0 saturated heterocycles. The van der Waals surface area contributed by atoms with Crippen LogP contribution in [0.2, 0.25) is 0 Å². The van der Waals surface area contributed by atoms with Gasteiger partial charge in [0.15, 0.2) is 0 Å². The molecule has 2 aromatic rings. The normalized spacial score (nSPS) is 13.2. The largest absolute Gasteiger partial charge is 0.361 e. The van der Waals surface area contributed by atoms with Gasteiger partial charge in [-0.05, 0) is 31.1 Å². The van der Waals surface area contributed by atoms with Crippen molar-refractivity contribution >= 4 is 10.9 Å². The minimum absolute atomic E-state index is 0.433. The second-order valence-electron chi connectivity index (χ2n) is 3.31. The summed E-state index contributed by atoms with van der Waals surface area (Å²) in [7, 11) is 0. The molecule has 14 heavy (non-hydrogen) atoms. The Morgan fingerprint density at radius 1 is 1.43 bits per heavy atom. The maximum absolute atomic E-state index is 7.06. The number of hydrogen-bond donors (Lipinski definition) is 2. The lowest BCUT2D eigenvalue weighted by atomic mass is 10.1. The van der Waals surface area contributed by atoms with Crippen LogP contribution in [0.5, 0.6) is 0 Å². The number of aromatic nitrogens is 1. The van der Waals surface area contributed by atoms with Gasteiger partial charge >= 0.3 is 0 Å². The summed E-state index contributed by atoms with van der Waals surface area (Å²) in [6, 6.07) is 8.23. The van der Waals surface area contributed by atoms with E-state index in [4.69, 9.17) is 2.74 Å². The van der Waals surface area contributed by atoms with Crippen molar-refractivity contribution in [1.82, 2.24) is 10.3 Å². The van der Waals surface area contributed by atoms with E-state index in [-0.39, 0.29) is 0 Å². The lowest BCUT2D eigenvalue weighted by Gasteiger charge is -1.99. The average molecular weight is 190 g/mol. The van der Waals surface area contributed by atoms with Gasteiger partial charge < -0.3 is 10.3 Å². The summed E-state index contributed by atoms with van der Waals surface area (Å²) in [5.74, 6) is 0. The summed E-state index contributed by atoms with van der Waals surface area (Å²) in [6.07, 6.45) is 2.96. The van der Waals surface area contributed by atoms with Gasteiger partial charge in [-0.1, -0.05) is 25.1 Å². The first-order valence-electron chi connectivity index (χ1n) is 6.03. The minimum atomic E-state index is -0.775. The fraction of sp³-hybridized carbons (Fsp3) is 0.333. The summed E-state index contributed by atoms with van der Waals surface area (Å²) in [5, 5.41) is 4.36. The third-order valence-corrected chi connectivity index (χ3v) is 2.39. The number of H-pyrrole nitrogens is 1. The third-order valence-electron chi connectivity index (χ3n) is 2.39. The molecule has 0 fully saturated rings. The molecule has 74 valence electrons. The van der Waals surface area contributed by atoms with Gasteiger partial charge in [-0.25, -0.2) is 0 Å². The first-order valence-corrected chi connectivity index (χ1v) is 4.87. The highest BCUT2D eigenvalue weighted by Crippen LogP contribution is 2.17. The Bertz CT molecular complexity index is 451. The van der Waals surface area contributed by atoms with Crippen molar-refractivity contribution in [2.75, 3.05) is 13.1 Å². The SMILES string of the molecule is [2H]C([2H])CNCCc1c[nH]c2ccccc12. The van der Waals surface area contributed by atoms with Crippen molar-refractivity contribution in [2.24, 2.45) is 0 Å². The van der Waals surface area contributed by atoms with Gasteiger partial charge in [0.25, 0.3) is 0 Å². The molecular formula is C12H16N2. The third kappa shape index (κ3) is 1.80. The van der Waals surface area contributed by atoms with Gasteiger partial charge in [0, 0.05) is 19.8 Å². The van der Waals surface area contributed by atoms with Crippen LogP contribution in [0, 0.1) is 0 Å². The summed E-state index contributed by atoms with van der Waals surface area (Å²) >= 11 is 0. The highest BCUT2D eigenvalue weighted by atomic mass is 14.8. The Labute approximate surface area is 87.1 Å². The van der Waals surface area contributed by atoms with Crippen LogP contribution in [0.4, 0.5) is 0 Å². The van der Waals surface area contributed by atoms with E-state index < -0.39 is 6.88 Å². The Kier molecular flexibility index (Phi) is 2.17. The molecule has 0 unspecified atom stereocenters. The quantitative estimate of drug-likeness (QED) is 0.711. The summed E-state index contributed by atoms with van der Waals surface area (Å²) in [4.78, 5) is 3.24. The number of aromatic amines is 1. The van der Waals surface area contributed by atoms with Crippen LogP contribution in [0.15, 0.2) is 30.5 Å². The van der Waals surface area contributed by atoms with Crippen LogP contribution in [0.1, 0.15) is 15.2 Å². The molecule has 0 amide bonds. The Balaban J connectivity index is 1.94. The van der Waals surface area contributed by atoms with Gasteiger partial charge in [0.05, 0.1) is 0 Å². The molecule has 0 saturated carbocycles. The van der Waals surface area contributed by atoms with Crippen molar-refractivity contribution in [1.29, 1.82) is 0 Å². The summed E-state index contributed by atoms with van der Waals surface area (Å²) < 4.78 is 14.1. The van der Waals surface area contributed by atoms with Crippen LogP contribution >= 0.6 is 0 Å². The van der Waals surface area contributed by atoms with Crippen LogP contribution in [0.25, 0.3) is 10.9 Å². The van der Waals surface area contributed by atoms with Gasteiger partial charge in [-0.3, -0.25) is 0 Å². The molecule has 2 nitrogen and oxygen atoms in total. The monoisotopic (exact) mass is 190 g/mol. The second kappa shape index (κ2) is 4.29. The molecule has 0 aliphatic carbocycles. The fourth-order valence-corrected chi connectivity index (χ4v) is 1.66. The molecule has 0 aliphatic heterocycles. The number of para-hydroxylation sites is 1. The van der Waals surface area contributed by atoms with E-state index in [0.29, 0.717) is 6.54 Å². The lowest BCUT2D eigenvalue weighted by Crippen LogP contribution is -2.15. The number of benzene rings is 1. The van der Waals surface area contributed by atoms with Crippen molar-refractivity contribution < 1.29 is 2.74 Å². The molecule has 2 N–H and O–H groups in total. The molecule has 0 aliphatic rings. The number of nitrogens with one attached hydrogen (secondary N) is 2. The van der Waals surface area contributed by atoms with E-state index in [0.717, 1.165) is 18.5 Å². The Hall–Kier alpha value is -1.28. The van der Waals surface area contributed by atoms with Crippen LogP contribution in [-0.2, 0) is 6.42 Å². The number of hydrogen-bond acceptors (Lipinski definition) is 1. The Morgan fingerprint density at radius 3 is 3.29 bits per heavy atom. The molecule has 1 heterocycles. The van der Waals surface area contributed by atoms with Crippen molar-refractivity contribution in [3.8, 4) is 0 Å². The topological polar surface area (TPSA) is 27.8 Å². The molecule has 0 atom stereocenters. The van der Waals surface area contributed by atoms with Crippen molar-refractivity contribution in [2.45, 2.75) is 13.3 Å². The van der Waals surface area contributed by atoms with Crippen LogP contribution in [-0.4, -0.2) is 18.1 Å². The van der Waals surface area contributed by atoms with E-state index in [9.17, 15) is 0 Å². The summed E-state index contributed by atoms with van der Waals surface area (Å²) in [5.41, 5.74) is 2.45. The second-order valence-corrected chi connectivity index (χ2v) is 3.31. The molecule has 2 rings (SSSR count). The highest BCUT2D eigenvalue weighted by molar-refractivity contribution is 5.83. The molecule has 0 radical (unpaired) electrons. The molecule has 2 heteroatoms. The van der Waals surface area contributed by atoms with Crippen LogP contribution < -0.4 is 5.32 Å². The van der Waals surface area contributed by atoms with E-state index in [1.807, 2.05) is 18.3 Å². The van der Waals surface area contributed by atoms with Gasteiger partial charge in [-0.15, -0.1) is 0 Å². The molecular weight excluding hydrogens is 172 g/mol. The Morgan fingerprint density at radius 2 is 2.36 bits per heavy atom. The molecule has 0 bridgehead atoms.